The van der Waals surface area contributed by atoms with Crippen molar-refractivity contribution < 1.29 is 34.4 Å². The Kier molecular flexibility index (Phi) is 8.28. The molecule has 44 heavy (non-hydrogen) atoms. The molecule has 1 N–H and O–H groups in total. The number of fused-ring (bicyclic) bond motifs is 4. The van der Waals surface area contributed by atoms with Gasteiger partial charge in [0, 0.05) is 70.7 Å². The van der Waals surface area contributed by atoms with Gasteiger partial charge in [-0.05, 0) is 35.8 Å². The van der Waals surface area contributed by atoms with Gasteiger partial charge in [-0.2, -0.15) is 0 Å². The number of aromatic nitrogens is 2. The average molecular weight is 760 g/mol. The van der Waals surface area contributed by atoms with E-state index in [0.29, 0.717) is 0 Å². The largest absolute Gasteiger partial charge is 0.512 e. The van der Waals surface area contributed by atoms with E-state index < -0.39 is 5.41 Å². The van der Waals surface area contributed by atoms with Crippen molar-refractivity contribution in [3.63, 3.8) is 0 Å². The van der Waals surface area contributed by atoms with Crippen LogP contribution >= 0.6 is 0 Å². The molecule has 7 rings (SSSR count). The van der Waals surface area contributed by atoms with Gasteiger partial charge in [0.05, 0.1) is 0 Å². The van der Waals surface area contributed by atoms with Crippen LogP contribution in [0.25, 0.3) is 60.3 Å². The zero-order valence-corrected chi connectivity index (χ0v) is 28.1. The van der Waals surface area contributed by atoms with Crippen molar-refractivity contribution in [3.05, 3.63) is 109 Å². The normalized spacial score (nSPS) is 12.5. The molecule has 0 amide bonds. The average Bonchev–Trinajstić information content (AvgIpc) is 3.30. The number of furan rings is 1. The maximum absolute atomic E-state index is 11.5. The molecule has 0 fully saturated rings. The van der Waals surface area contributed by atoms with Gasteiger partial charge in [0.2, 0.25) is 0 Å². The van der Waals surface area contributed by atoms with Crippen molar-refractivity contribution in [1.29, 1.82) is 0 Å². The molecule has 0 saturated carbocycles. The molecule has 0 aliphatic rings. The molecule has 3 heterocycles. The van der Waals surface area contributed by atoms with Crippen LogP contribution in [0, 0.1) is 16.9 Å². The molecule has 0 unspecified atom stereocenters. The fourth-order valence-corrected chi connectivity index (χ4v) is 5.25. The third-order valence-corrected chi connectivity index (χ3v) is 7.70. The predicted octanol–water partition coefficient (Wildman–Crippen LogP) is 10.1. The fraction of sp³-hybridized carbons (Fsp3) is 0.211. The zero-order valence-electron chi connectivity index (χ0n) is 25.7. The number of ketones is 1. The van der Waals surface area contributed by atoms with Crippen LogP contribution in [0.2, 0.25) is 0 Å². The standard InChI is InChI=1S/C27H15N2O.C11H20O2.Ir/c1-2-8-18(9-3-1)29-21-11-6-12-22-24(21)25-23(30-22)15-16-28-26(25)20-14-13-17-7-4-5-10-19(17)27(20)29;1-10(2,3)8(12)7-9(13)11(4,5)6;/h1-13,15-16H;7,12H,1-6H3;/q-1;;/b;8-7-;. The number of rotatable bonds is 2. The second-order valence-corrected chi connectivity index (χ2v) is 12.9. The summed E-state index contributed by atoms with van der Waals surface area (Å²) in [5, 5.41) is 15.0. The summed E-state index contributed by atoms with van der Waals surface area (Å²) in [6.45, 7) is 11.1. The number of carbonyl (C=O) groups excluding carboxylic acids is 1. The van der Waals surface area contributed by atoms with Crippen LogP contribution in [0.1, 0.15) is 41.5 Å². The number of hydrogen-bond donors (Lipinski definition) is 1. The molecule has 0 saturated heterocycles. The minimum absolute atomic E-state index is 0. The summed E-state index contributed by atoms with van der Waals surface area (Å²) in [7, 11) is 0. The minimum atomic E-state index is -0.417. The van der Waals surface area contributed by atoms with Gasteiger partial charge in [0.1, 0.15) is 16.9 Å². The number of aliphatic hydroxyl groups excluding tert-OH is 1. The summed E-state index contributed by atoms with van der Waals surface area (Å²) < 4.78 is 8.54. The molecule has 1 radical (unpaired) electrons. The molecular weight excluding hydrogens is 725 g/mol. The van der Waals surface area contributed by atoms with Crippen molar-refractivity contribution in [1.82, 2.24) is 9.55 Å². The van der Waals surface area contributed by atoms with E-state index in [9.17, 15) is 9.90 Å². The summed E-state index contributed by atoms with van der Waals surface area (Å²) in [6.07, 6.45) is 3.16. The number of aliphatic hydroxyl groups is 1. The Labute approximate surface area is 270 Å². The van der Waals surface area contributed by atoms with Gasteiger partial charge < -0.3 is 19.1 Å². The zero-order chi connectivity index (χ0) is 30.5. The van der Waals surface area contributed by atoms with Crippen molar-refractivity contribution in [2.45, 2.75) is 41.5 Å². The van der Waals surface area contributed by atoms with E-state index in [1.165, 1.54) is 11.5 Å². The summed E-state index contributed by atoms with van der Waals surface area (Å²) in [5.41, 5.74) is 5.16. The first-order valence-electron chi connectivity index (χ1n) is 14.5. The number of benzene rings is 4. The Morgan fingerprint density at radius 2 is 1.52 bits per heavy atom. The third-order valence-electron chi connectivity index (χ3n) is 7.70. The number of para-hydroxylation sites is 1. The first kappa shape index (κ1) is 31.2. The van der Waals surface area contributed by atoms with Gasteiger partial charge in [-0.3, -0.25) is 4.79 Å². The number of carbonyl (C=O) groups is 1. The van der Waals surface area contributed by atoms with Gasteiger partial charge in [-0.25, -0.2) is 0 Å². The molecule has 6 heteroatoms. The van der Waals surface area contributed by atoms with Crippen LogP contribution in [0.15, 0.2) is 107 Å². The van der Waals surface area contributed by atoms with E-state index >= 15 is 0 Å². The second kappa shape index (κ2) is 11.7. The first-order chi connectivity index (χ1) is 20.4. The maximum atomic E-state index is 11.5. The molecule has 5 nitrogen and oxygen atoms in total. The molecule has 3 aromatic heterocycles. The fourth-order valence-electron chi connectivity index (χ4n) is 5.25. The number of hydrogen-bond acceptors (Lipinski definition) is 4. The van der Waals surface area contributed by atoms with Crippen molar-refractivity contribution >= 4 is 60.4 Å². The number of pyridine rings is 1. The topological polar surface area (TPSA) is 68.3 Å². The number of nitrogens with zero attached hydrogens (tertiary/aromatic N) is 2. The van der Waals surface area contributed by atoms with Crippen LogP contribution in [-0.4, -0.2) is 20.4 Å². The Hall–Kier alpha value is -4.25. The van der Waals surface area contributed by atoms with Crippen LogP contribution in [-0.2, 0) is 24.9 Å². The second-order valence-electron chi connectivity index (χ2n) is 12.9. The van der Waals surface area contributed by atoms with Crippen LogP contribution < -0.4 is 0 Å². The number of allylic oxidation sites excluding steroid dienone is 2. The Morgan fingerprint density at radius 3 is 2.23 bits per heavy atom. The minimum Gasteiger partial charge on any atom is -0.512 e. The Morgan fingerprint density at radius 1 is 0.841 bits per heavy atom. The van der Waals surface area contributed by atoms with Crippen molar-refractivity contribution in [3.8, 4) is 5.69 Å². The SMILES string of the molecule is CC(C)(C)C(=O)/C=C(\O)C(C)(C)C.[Ir].[c-]1cc2ccccc2c2c1c1nccc3oc4cccc(c4c31)n2-c1ccccc1. The molecule has 225 valence electrons. The maximum Gasteiger partial charge on any atom is 0.164 e. The molecule has 0 aliphatic carbocycles. The van der Waals surface area contributed by atoms with Gasteiger partial charge in [-0.1, -0.05) is 101 Å². The van der Waals surface area contributed by atoms with Gasteiger partial charge in [-0.15, -0.1) is 17.5 Å². The summed E-state index contributed by atoms with van der Waals surface area (Å²) in [6, 6.07) is 32.8. The monoisotopic (exact) mass is 760 g/mol. The Bertz CT molecular complexity index is 2180. The molecule has 0 bridgehead atoms. The molecule has 7 aromatic rings. The van der Waals surface area contributed by atoms with Crippen molar-refractivity contribution in [2.75, 3.05) is 0 Å². The van der Waals surface area contributed by atoms with Crippen LogP contribution in [0.4, 0.5) is 0 Å². The molecule has 0 aliphatic heterocycles. The predicted molar refractivity (Wildman–Crippen MR) is 177 cm³/mol. The molecule has 0 atom stereocenters. The van der Waals surface area contributed by atoms with E-state index in [0.717, 1.165) is 54.9 Å². The van der Waals surface area contributed by atoms with Crippen molar-refractivity contribution in [2.24, 2.45) is 10.8 Å². The van der Waals surface area contributed by atoms with E-state index in [1.54, 1.807) is 0 Å². The summed E-state index contributed by atoms with van der Waals surface area (Å²) >= 11 is 0. The quantitative estimate of drug-likeness (QED) is 0.108. The van der Waals surface area contributed by atoms with Crippen LogP contribution in [0.5, 0.6) is 0 Å². The van der Waals surface area contributed by atoms with E-state index in [4.69, 9.17) is 9.40 Å². The van der Waals surface area contributed by atoms with E-state index in [-0.39, 0.29) is 37.1 Å². The molecule has 4 aromatic carbocycles. The van der Waals surface area contributed by atoms with Crippen LogP contribution in [0.3, 0.4) is 0 Å². The smallest absolute Gasteiger partial charge is 0.164 e. The van der Waals surface area contributed by atoms with E-state index in [2.05, 4.69) is 77.4 Å². The first-order valence-corrected chi connectivity index (χ1v) is 14.5. The Balaban J connectivity index is 0.000000237. The molecule has 0 spiro atoms. The summed E-state index contributed by atoms with van der Waals surface area (Å²) in [4.78, 5) is 16.3. The molecular formula is C38H35IrN2O3-. The van der Waals surface area contributed by atoms with Gasteiger partial charge in [0.25, 0.3) is 0 Å². The third kappa shape index (κ3) is 5.56. The van der Waals surface area contributed by atoms with Gasteiger partial charge in [0.15, 0.2) is 5.78 Å². The van der Waals surface area contributed by atoms with E-state index in [1.807, 2.05) is 65.9 Å². The van der Waals surface area contributed by atoms with Gasteiger partial charge >= 0.3 is 0 Å². The summed E-state index contributed by atoms with van der Waals surface area (Å²) in [5.74, 6) is 0.104.